The molecule has 1 aromatic heterocycles. The van der Waals surface area contributed by atoms with Crippen molar-refractivity contribution in [3.63, 3.8) is 0 Å². The van der Waals surface area contributed by atoms with Crippen LogP contribution in [-0.2, 0) is 11.2 Å². The summed E-state index contributed by atoms with van der Waals surface area (Å²) in [6.45, 7) is 0. The Bertz CT molecular complexity index is 1160. The van der Waals surface area contributed by atoms with Gasteiger partial charge >= 0.3 is 0 Å². The first-order valence-electron chi connectivity index (χ1n) is 9.63. The molecule has 5 nitrogen and oxygen atoms in total. The van der Waals surface area contributed by atoms with Crippen LogP contribution in [0.3, 0.4) is 0 Å². The number of aromatic nitrogens is 1. The van der Waals surface area contributed by atoms with Gasteiger partial charge in [0.2, 0.25) is 5.91 Å². The molecule has 1 aliphatic rings. The lowest BCUT2D eigenvalue weighted by Crippen LogP contribution is -2.44. The van der Waals surface area contributed by atoms with Gasteiger partial charge in [0.15, 0.2) is 0 Å². The zero-order valence-electron chi connectivity index (χ0n) is 16.3. The molecule has 158 valence electrons. The predicted octanol–water partition coefficient (Wildman–Crippen LogP) is 4.88. The van der Waals surface area contributed by atoms with Crippen molar-refractivity contribution in [3.8, 4) is 0 Å². The number of carbonyl (C=O) groups excluding carboxylic acids is 2. The lowest BCUT2D eigenvalue weighted by Gasteiger charge is -2.35. The molecule has 0 radical (unpaired) electrons. The number of hydrogen-bond acceptors (Lipinski definition) is 3. The molecule has 2 atom stereocenters. The SMILES string of the molecule is NC(=O)[C@@H](c1ccccc1)N(C(=O)c1ncccc1Cl)[C@@H]1CCc2c(F)cc(Cl)cc21. The van der Waals surface area contributed by atoms with Crippen molar-refractivity contribution in [2.24, 2.45) is 5.73 Å². The van der Waals surface area contributed by atoms with E-state index in [2.05, 4.69) is 4.98 Å². The molecule has 0 aliphatic heterocycles. The van der Waals surface area contributed by atoms with E-state index in [9.17, 15) is 14.0 Å². The minimum atomic E-state index is -1.11. The largest absolute Gasteiger partial charge is 0.368 e. The number of nitrogens with zero attached hydrogens (tertiary/aromatic N) is 2. The number of halogens is 3. The van der Waals surface area contributed by atoms with Crippen LogP contribution in [0, 0.1) is 5.82 Å². The van der Waals surface area contributed by atoms with Crippen LogP contribution in [0.15, 0.2) is 60.8 Å². The zero-order chi connectivity index (χ0) is 22.1. The molecular weight excluding hydrogens is 440 g/mol. The fourth-order valence-corrected chi connectivity index (χ4v) is 4.53. The van der Waals surface area contributed by atoms with Crippen LogP contribution in [0.4, 0.5) is 4.39 Å². The Morgan fingerprint density at radius 1 is 1.13 bits per heavy atom. The van der Waals surface area contributed by atoms with E-state index in [1.165, 1.54) is 17.2 Å². The highest BCUT2D eigenvalue weighted by molar-refractivity contribution is 6.33. The molecule has 1 heterocycles. The Balaban J connectivity index is 1.90. The summed E-state index contributed by atoms with van der Waals surface area (Å²) in [5, 5.41) is 0.353. The minimum absolute atomic E-state index is 0.0118. The molecule has 2 N–H and O–H groups in total. The van der Waals surface area contributed by atoms with Crippen molar-refractivity contribution in [2.45, 2.75) is 24.9 Å². The van der Waals surface area contributed by atoms with E-state index in [4.69, 9.17) is 28.9 Å². The maximum atomic E-state index is 14.5. The van der Waals surface area contributed by atoms with Gasteiger partial charge in [-0.05, 0) is 53.8 Å². The molecule has 31 heavy (non-hydrogen) atoms. The van der Waals surface area contributed by atoms with Crippen LogP contribution in [0.2, 0.25) is 10.0 Å². The summed E-state index contributed by atoms with van der Waals surface area (Å²) in [6.07, 6.45) is 2.24. The van der Waals surface area contributed by atoms with Crippen LogP contribution in [0.1, 0.15) is 45.7 Å². The van der Waals surface area contributed by atoms with Crippen molar-refractivity contribution < 1.29 is 14.0 Å². The van der Waals surface area contributed by atoms with Gasteiger partial charge in [0.1, 0.15) is 17.6 Å². The van der Waals surface area contributed by atoms with E-state index < -0.39 is 29.7 Å². The smallest absolute Gasteiger partial charge is 0.275 e. The number of rotatable bonds is 5. The lowest BCUT2D eigenvalue weighted by atomic mass is 9.98. The minimum Gasteiger partial charge on any atom is -0.368 e. The van der Waals surface area contributed by atoms with Crippen LogP contribution in [0.25, 0.3) is 0 Å². The molecule has 1 aliphatic carbocycles. The van der Waals surface area contributed by atoms with Gasteiger partial charge in [-0.2, -0.15) is 0 Å². The summed E-state index contributed by atoms with van der Waals surface area (Å²) in [5.74, 6) is -1.73. The molecule has 0 saturated carbocycles. The molecule has 0 spiro atoms. The number of hydrogen-bond donors (Lipinski definition) is 1. The second-order valence-electron chi connectivity index (χ2n) is 7.27. The lowest BCUT2D eigenvalue weighted by molar-refractivity contribution is -0.123. The third kappa shape index (κ3) is 4.01. The van der Waals surface area contributed by atoms with E-state index in [1.807, 2.05) is 0 Å². The first-order chi connectivity index (χ1) is 14.9. The van der Waals surface area contributed by atoms with Crippen LogP contribution in [-0.4, -0.2) is 21.7 Å². The van der Waals surface area contributed by atoms with Gasteiger partial charge in [-0.3, -0.25) is 9.59 Å². The standard InChI is InChI=1S/C23H18Cl2FN3O2/c24-14-11-16-15(18(26)12-14)8-9-19(16)29(23(31)20-17(25)7-4-10-28-20)21(22(27)30)13-5-2-1-3-6-13/h1-7,10-12,19,21H,8-9H2,(H2,27,30)/t19-,21-/m1/s1. The fraction of sp³-hybridized carbons (Fsp3) is 0.174. The topological polar surface area (TPSA) is 76.3 Å². The van der Waals surface area contributed by atoms with Crippen molar-refractivity contribution in [2.75, 3.05) is 0 Å². The molecule has 0 fully saturated rings. The van der Waals surface area contributed by atoms with Crippen molar-refractivity contribution >= 4 is 35.0 Å². The van der Waals surface area contributed by atoms with E-state index in [1.54, 1.807) is 48.5 Å². The second-order valence-corrected chi connectivity index (χ2v) is 8.12. The zero-order valence-corrected chi connectivity index (χ0v) is 17.8. The van der Waals surface area contributed by atoms with Gasteiger partial charge in [-0.25, -0.2) is 9.37 Å². The highest BCUT2D eigenvalue weighted by Crippen LogP contribution is 2.43. The second kappa shape index (κ2) is 8.65. The molecular formula is C23H18Cl2FN3O2. The molecule has 4 rings (SSSR count). The summed E-state index contributed by atoms with van der Waals surface area (Å²) < 4.78 is 14.5. The summed E-state index contributed by atoms with van der Waals surface area (Å²) in [7, 11) is 0. The average molecular weight is 458 g/mol. The van der Waals surface area contributed by atoms with Gasteiger partial charge in [-0.15, -0.1) is 0 Å². The maximum Gasteiger partial charge on any atom is 0.275 e. The van der Waals surface area contributed by atoms with E-state index in [0.29, 0.717) is 29.5 Å². The van der Waals surface area contributed by atoms with E-state index >= 15 is 0 Å². The molecule has 0 saturated heterocycles. The number of benzene rings is 2. The number of fused-ring (bicyclic) bond motifs is 1. The Labute approximate surface area is 188 Å². The van der Waals surface area contributed by atoms with Crippen LogP contribution in [0.5, 0.6) is 0 Å². The van der Waals surface area contributed by atoms with Crippen molar-refractivity contribution in [3.05, 3.63) is 99.0 Å². The van der Waals surface area contributed by atoms with Crippen molar-refractivity contribution in [1.29, 1.82) is 0 Å². The number of amides is 2. The van der Waals surface area contributed by atoms with Gasteiger partial charge in [-0.1, -0.05) is 53.5 Å². The Kier molecular flexibility index (Phi) is 5.94. The summed E-state index contributed by atoms with van der Waals surface area (Å²) in [5.41, 5.74) is 7.32. The quantitative estimate of drug-likeness (QED) is 0.592. The van der Waals surface area contributed by atoms with Gasteiger partial charge in [0.05, 0.1) is 11.1 Å². The normalized spacial score (nSPS) is 15.9. The Hall–Kier alpha value is -2.96. The Morgan fingerprint density at radius 3 is 2.55 bits per heavy atom. The highest BCUT2D eigenvalue weighted by atomic mass is 35.5. The molecule has 2 aromatic carbocycles. The number of primary amides is 1. The number of nitrogens with two attached hydrogens (primary N) is 1. The molecule has 0 unspecified atom stereocenters. The number of pyridine rings is 1. The van der Waals surface area contributed by atoms with Crippen LogP contribution >= 0.6 is 23.2 Å². The number of carbonyl (C=O) groups is 2. The summed E-state index contributed by atoms with van der Waals surface area (Å²) >= 11 is 12.4. The maximum absolute atomic E-state index is 14.5. The predicted molar refractivity (Wildman–Crippen MR) is 116 cm³/mol. The van der Waals surface area contributed by atoms with Gasteiger partial charge in [0, 0.05) is 11.2 Å². The highest BCUT2D eigenvalue weighted by Gasteiger charge is 2.41. The van der Waals surface area contributed by atoms with E-state index in [-0.39, 0.29) is 15.7 Å². The average Bonchev–Trinajstić information content (AvgIpc) is 3.16. The monoisotopic (exact) mass is 457 g/mol. The van der Waals surface area contributed by atoms with Crippen molar-refractivity contribution in [1.82, 2.24) is 9.88 Å². The fourth-order valence-electron chi connectivity index (χ4n) is 4.11. The van der Waals surface area contributed by atoms with Gasteiger partial charge in [0.25, 0.3) is 5.91 Å². The third-order valence-electron chi connectivity index (χ3n) is 5.42. The Morgan fingerprint density at radius 2 is 1.87 bits per heavy atom. The molecule has 0 bridgehead atoms. The van der Waals surface area contributed by atoms with E-state index in [0.717, 1.165) is 0 Å². The third-order valence-corrected chi connectivity index (χ3v) is 5.94. The van der Waals surface area contributed by atoms with Gasteiger partial charge < -0.3 is 10.6 Å². The van der Waals surface area contributed by atoms with Crippen LogP contribution < -0.4 is 5.73 Å². The molecule has 8 heteroatoms. The first kappa shape index (κ1) is 21.3. The summed E-state index contributed by atoms with van der Waals surface area (Å²) in [6, 6.07) is 13.0. The summed E-state index contributed by atoms with van der Waals surface area (Å²) in [4.78, 5) is 31.8. The first-order valence-corrected chi connectivity index (χ1v) is 10.4. The molecule has 2 amide bonds. The molecule has 3 aromatic rings.